The minimum Gasteiger partial charge on any atom is -0.490 e. The molecule has 0 aliphatic heterocycles. The summed E-state index contributed by atoms with van der Waals surface area (Å²) >= 11 is 3.59. The van der Waals surface area contributed by atoms with Crippen LogP contribution in [0.3, 0.4) is 0 Å². The molecule has 3 nitrogen and oxygen atoms in total. The van der Waals surface area contributed by atoms with Gasteiger partial charge in [0.05, 0.1) is 17.7 Å². The quantitative estimate of drug-likeness (QED) is 0.693. The van der Waals surface area contributed by atoms with Gasteiger partial charge in [-0.25, -0.2) is 0 Å². The molecule has 0 atom stereocenters. The number of halogens is 1. The lowest BCUT2D eigenvalue weighted by atomic mass is 10.1. The van der Waals surface area contributed by atoms with E-state index in [4.69, 9.17) is 9.47 Å². The number of aryl methyl sites for hydroxylation is 2. The van der Waals surface area contributed by atoms with Crippen molar-refractivity contribution in [3.8, 4) is 11.5 Å². The molecule has 1 N–H and O–H groups in total. The highest BCUT2D eigenvalue weighted by Gasteiger charge is 2.12. The Balaban J connectivity index is 2.19. The van der Waals surface area contributed by atoms with Crippen LogP contribution in [-0.2, 0) is 6.54 Å². The summed E-state index contributed by atoms with van der Waals surface area (Å²) in [7, 11) is 0. The lowest BCUT2D eigenvalue weighted by Gasteiger charge is -2.16. The molecule has 124 valence electrons. The van der Waals surface area contributed by atoms with Gasteiger partial charge >= 0.3 is 0 Å². The summed E-state index contributed by atoms with van der Waals surface area (Å²) in [4.78, 5) is 0. The Labute approximate surface area is 147 Å². The van der Waals surface area contributed by atoms with Gasteiger partial charge in [0.1, 0.15) is 0 Å². The van der Waals surface area contributed by atoms with Gasteiger partial charge in [-0.3, -0.25) is 0 Å². The lowest BCUT2D eigenvalue weighted by Crippen LogP contribution is -2.04. The van der Waals surface area contributed by atoms with Crippen molar-refractivity contribution in [1.82, 2.24) is 0 Å². The van der Waals surface area contributed by atoms with E-state index in [-0.39, 0.29) is 0 Å². The molecule has 0 fully saturated rings. The minimum absolute atomic E-state index is 0.610. The summed E-state index contributed by atoms with van der Waals surface area (Å²) in [6, 6.07) is 10.5. The van der Waals surface area contributed by atoms with Gasteiger partial charge in [0.15, 0.2) is 11.5 Å². The number of nitrogens with one attached hydrogen (secondary N) is 1. The van der Waals surface area contributed by atoms with Crippen molar-refractivity contribution in [2.75, 3.05) is 18.5 Å². The highest BCUT2D eigenvalue weighted by atomic mass is 79.9. The Kier molecular flexibility index (Phi) is 6.34. The van der Waals surface area contributed by atoms with E-state index < -0.39 is 0 Å². The Morgan fingerprint density at radius 3 is 2.39 bits per heavy atom. The molecular formula is C19H24BrNO2. The zero-order chi connectivity index (χ0) is 16.8. The summed E-state index contributed by atoms with van der Waals surface area (Å²) in [6.07, 6.45) is 0. The average molecular weight is 378 g/mol. The molecule has 0 aromatic heterocycles. The molecule has 2 aromatic rings. The number of hydrogen-bond donors (Lipinski definition) is 1. The van der Waals surface area contributed by atoms with Crippen LogP contribution in [0.4, 0.5) is 5.69 Å². The monoisotopic (exact) mass is 377 g/mol. The van der Waals surface area contributed by atoms with E-state index in [1.807, 2.05) is 19.9 Å². The second kappa shape index (κ2) is 8.25. The van der Waals surface area contributed by atoms with Crippen LogP contribution in [0.1, 0.15) is 30.5 Å². The maximum atomic E-state index is 5.72. The Morgan fingerprint density at radius 1 is 1.00 bits per heavy atom. The topological polar surface area (TPSA) is 30.5 Å². The summed E-state index contributed by atoms with van der Waals surface area (Å²) in [5, 5.41) is 3.49. The Hall–Kier alpha value is -1.68. The third kappa shape index (κ3) is 4.64. The Bertz CT molecular complexity index is 671. The molecule has 0 spiro atoms. The van der Waals surface area contributed by atoms with Gasteiger partial charge in [0.2, 0.25) is 0 Å². The van der Waals surface area contributed by atoms with E-state index in [9.17, 15) is 0 Å². The van der Waals surface area contributed by atoms with E-state index in [0.29, 0.717) is 13.2 Å². The predicted molar refractivity (Wildman–Crippen MR) is 99.7 cm³/mol. The highest BCUT2D eigenvalue weighted by molar-refractivity contribution is 9.10. The number of rotatable bonds is 7. The first-order valence-corrected chi connectivity index (χ1v) is 8.73. The van der Waals surface area contributed by atoms with Gasteiger partial charge in [0, 0.05) is 12.2 Å². The van der Waals surface area contributed by atoms with Gasteiger partial charge in [-0.2, -0.15) is 0 Å². The molecule has 0 aliphatic rings. The Morgan fingerprint density at radius 2 is 1.74 bits per heavy atom. The standard InChI is InChI=1S/C19H24BrNO2/c1-5-22-18-11-15(10-16(20)19(18)23-6-2)12-21-17-8-7-13(3)9-14(17)4/h7-11,21H,5-6,12H2,1-4H3. The fourth-order valence-corrected chi connectivity index (χ4v) is 3.08. The largest absolute Gasteiger partial charge is 0.490 e. The maximum absolute atomic E-state index is 5.72. The van der Waals surface area contributed by atoms with Gasteiger partial charge in [-0.15, -0.1) is 0 Å². The van der Waals surface area contributed by atoms with Crippen molar-refractivity contribution < 1.29 is 9.47 Å². The van der Waals surface area contributed by atoms with Crippen molar-refractivity contribution in [2.45, 2.75) is 34.2 Å². The number of benzene rings is 2. The normalized spacial score (nSPS) is 10.5. The molecule has 0 amide bonds. The van der Waals surface area contributed by atoms with Crippen LogP contribution in [0.15, 0.2) is 34.8 Å². The summed E-state index contributed by atoms with van der Waals surface area (Å²) in [5.74, 6) is 1.55. The average Bonchev–Trinajstić information content (AvgIpc) is 2.50. The minimum atomic E-state index is 0.610. The molecule has 4 heteroatoms. The van der Waals surface area contributed by atoms with Crippen molar-refractivity contribution >= 4 is 21.6 Å². The third-order valence-electron chi connectivity index (χ3n) is 3.52. The first-order chi connectivity index (χ1) is 11.0. The summed E-state index contributed by atoms with van der Waals surface area (Å²) < 4.78 is 12.3. The van der Waals surface area contributed by atoms with Gasteiger partial charge in [0.25, 0.3) is 0 Å². The van der Waals surface area contributed by atoms with E-state index in [1.165, 1.54) is 11.1 Å². The molecule has 0 heterocycles. The first kappa shape index (κ1) is 17.7. The molecule has 0 bridgehead atoms. The first-order valence-electron chi connectivity index (χ1n) is 7.94. The lowest BCUT2D eigenvalue weighted by molar-refractivity contribution is 0.286. The molecule has 0 unspecified atom stereocenters. The van der Waals surface area contributed by atoms with Crippen molar-refractivity contribution in [3.63, 3.8) is 0 Å². The molecule has 23 heavy (non-hydrogen) atoms. The van der Waals surface area contributed by atoms with Crippen LogP contribution in [0, 0.1) is 13.8 Å². The SMILES string of the molecule is CCOc1cc(CNc2ccc(C)cc2C)cc(Br)c1OCC. The van der Waals surface area contributed by atoms with Crippen molar-refractivity contribution in [1.29, 1.82) is 0 Å². The summed E-state index contributed by atoms with van der Waals surface area (Å²) in [6.45, 7) is 10.1. The fraction of sp³-hybridized carbons (Fsp3) is 0.368. The zero-order valence-electron chi connectivity index (χ0n) is 14.2. The number of anilines is 1. The summed E-state index contributed by atoms with van der Waals surface area (Å²) in [5.41, 5.74) is 4.82. The van der Waals surface area contributed by atoms with E-state index in [1.54, 1.807) is 0 Å². The van der Waals surface area contributed by atoms with Crippen LogP contribution < -0.4 is 14.8 Å². The third-order valence-corrected chi connectivity index (χ3v) is 4.11. The highest BCUT2D eigenvalue weighted by Crippen LogP contribution is 2.37. The van der Waals surface area contributed by atoms with Crippen LogP contribution >= 0.6 is 15.9 Å². The van der Waals surface area contributed by atoms with Crippen molar-refractivity contribution in [3.05, 3.63) is 51.5 Å². The molecule has 2 aromatic carbocycles. The van der Waals surface area contributed by atoms with Crippen LogP contribution in [-0.4, -0.2) is 13.2 Å². The molecule has 0 saturated heterocycles. The molecule has 0 aliphatic carbocycles. The van der Waals surface area contributed by atoms with Crippen LogP contribution in [0.5, 0.6) is 11.5 Å². The smallest absolute Gasteiger partial charge is 0.175 e. The van der Waals surface area contributed by atoms with Crippen molar-refractivity contribution in [2.24, 2.45) is 0 Å². The van der Waals surface area contributed by atoms with E-state index >= 15 is 0 Å². The van der Waals surface area contributed by atoms with E-state index in [0.717, 1.165) is 33.8 Å². The van der Waals surface area contributed by atoms with Gasteiger partial charge < -0.3 is 14.8 Å². The van der Waals surface area contributed by atoms with Gasteiger partial charge in [-0.1, -0.05) is 17.7 Å². The number of ether oxygens (including phenoxy) is 2. The van der Waals surface area contributed by atoms with Crippen LogP contribution in [0.25, 0.3) is 0 Å². The fourth-order valence-electron chi connectivity index (χ4n) is 2.48. The number of hydrogen-bond acceptors (Lipinski definition) is 3. The molecule has 0 saturated carbocycles. The molecule has 0 radical (unpaired) electrons. The van der Waals surface area contributed by atoms with Crippen LogP contribution in [0.2, 0.25) is 0 Å². The maximum Gasteiger partial charge on any atom is 0.175 e. The second-order valence-corrected chi connectivity index (χ2v) is 6.30. The molecular weight excluding hydrogens is 354 g/mol. The van der Waals surface area contributed by atoms with Gasteiger partial charge in [-0.05, 0) is 73.0 Å². The zero-order valence-corrected chi connectivity index (χ0v) is 15.8. The molecule has 2 rings (SSSR count). The second-order valence-electron chi connectivity index (χ2n) is 5.44. The van der Waals surface area contributed by atoms with E-state index in [2.05, 4.69) is 59.4 Å². The predicted octanol–water partition coefficient (Wildman–Crippen LogP) is 5.48.